The van der Waals surface area contributed by atoms with Gasteiger partial charge in [-0.15, -0.1) is 0 Å². The largest absolute Gasteiger partial charge is 0.431 e. The Morgan fingerprint density at radius 3 is 2.62 bits per heavy atom. The molecule has 0 fully saturated rings. The number of hydrogen-bond donors (Lipinski definition) is 2. The van der Waals surface area contributed by atoms with Crippen LogP contribution in [0.1, 0.15) is 29.7 Å². The number of benzene rings is 1. The van der Waals surface area contributed by atoms with E-state index >= 15 is 0 Å². The summed E-state index contributed by atoms with van der Waals surface area (Å²) in [5.41, 5.74) is 6.29. The molecule has 0 atom stereocenters. The zero-order chi connectivity index (χ0) is 18.5. The lowest BCUT2D eigenvalue weighted by atomic mass is 9.85. The van der Waals surface area contributed by atoms with Crippen LogP contribution in [0.2, 0.25) is 0 Å². The van der Waals surface area contributed by atoms with Crippen LogP contribution in [0.3, 0.4) is 0 Å². The predicted molar refractivity (Wildman–Crippen MR) is 97.5 cm³/mol. The summed E-state index contributed by atoms with van der Waals surface area (Å²) in [5.74, 6) is 0. The van der Waals surface area contributed by atoms with Crippen LogP contribution in [0.4, 0.5) is 13.2 Å². The molecule has 0 radical (unpaired) electrons. The number of nitrogens with one attached hydrogen (secondary N) is 1. The maximum Gasteiger partial charge on any atom is 0.431 e. The lowest BCUT2D eigenvalue weighted by Crippen LogP contribution is -2.23. The molecular weight excluding hydrogens is 361 g/mol. The summed E-state index contributed by atoms with van der Waals surface area (Å²) in [7, 11) is 0. The smallest absolute Gasteiger partial charge is 0.394 e. The summed E-state index contributed by atoms with van der Waals surface area (Å²) in [4.78, 5) is 4.51. The summed E-state index contributed by atoms with van der Waals surface area (Å²) in [6.45, 7) is 0. The topological polar surface area (TPSA) is 75.7 Å². The predicted octanol–water partition coefficient (Wildman–Crippen LogP) is 4.60. The first-order valence-electron chi connectivity index (χ1n) is 8.18. The van der Waals surface area contributed by atoms with Crippen molar-refractivity contribution in [1.82, 2.24) is 9.36 Å². The monoisotopic (exact) mass is 376 g/mol. The van der Waals surface area contributed by atoms with E-state index in [4.69, 9.17) is 11.1 Å². The Morgan fingerprint density at radius 2 is 1.92 bits per heavy atom. The van der Waals surface area contributed by atoms with Crippen LogP contribution in [0.25, 0.3) is 26.6 Å². The van der Waals surface area contributed by atoms with Crippen LogP contribution in [0.5, 0.6) is 0 Å². The number of nitrogens with zero attached hydrogens (tertiary/aromatic N) is 2. The van der Waals surface area contributed by atoms with Crippen molar-refractivity contribution >= 4 is 44.3 Å². The van der Waals surface area contributed by atoms with Gasteiger partial charge in [0.2, 0.25) is 0 Å². The highest BCUT2D eigenvalue weighted by molar-refractivity contribution is 7.13. The molecule has 3 N–H and O–H groups in total. The number of nitrogens with two attached hydrogens (primary N) is 1. The van der Waals surface area contributed by atoms with Crippen LogP contribution < -0.4 is 5.73 Å². The first-order chi connectivity index (χ1) is 12.4. The zero-order valence-electron chi connectivity index (χ0n) is 13.7. The van der Waals surface area contributed by atoms with Gasteiger partial charge in [0.15, 0.2) is 0 Å². The van der Waals surface area contributed by atoms with Crippen LogP contribution in [0.15, 0.2) is 24.0 Å². The summed E-state index contributed by atoms with van der Waals surface area (Å²) in [6.07, 6.45) is 0.997. The number of allylic oxidation sites excluding steroid dienone is 2. The van der Waals surface area contributed by atoms with Gasteiger partial charge < -0.3 is 11.1 Å². The molecule has 1 aliphatic rings. The summed E-state index contributed by atoms with van der Waals surface area (Å²) < 4.78 is 44.8. The summed E-state index contributed by atoms with van der Waals surface area (Å²) >= 11 is 1.38. The number of alkyl halides is 3. The van der Waals surface area contributed by atoms with E-state index in [1.165, 1.54) is 11.5 Å². The SMILES string of the molecule is N=CC(=C(N)C(F)(F)F)c1nc2ccc3sncc3c2c2c1CCCC2. The minimum atomic E-state index is -4.70. The van der Waals surface area contributed by atoms with E-state index in [2.05, 4.69) is 9.36 Å². The minimum Gasteiger partial charge on any atom is -0.394 e. The van der Waals surface area contributed by atoms with Crippen molar-refractivity contribution < 1.29 is 13.2 Å². The Labute approximate surface area is 151 Å². The number of halogens is 3. The highest BCUT2D eigenvalue weighted by Crippen LogP contribution is 2.38. The fourth-order valence-electron chi connectivity index (χ4n) is 3.62. The molecular formula is C18H15F3N4S. The third-order valence-electron chi connectivity index (χ3n) is 4.80. The molecule has 0 saturated heterocycles. The highest BCUT2D eigenvalue weighted by Gasteiger charge is 2.35. The van der Waals surface area contributed by atoms with Crippen molar-refractivity contribution in [2.45, 2.75) is 31.9 Å². The Bertz CT molecular complexity index is 1070. The third-order valence-corrected chi connectivity index (χ3v) is 5.56. The molecule has 134 valence electrons. The number of aryl methyl sites for hydroxylation is 1. The van der Waals surface area contributed by atoms with Crippen LogP contribution in [-0.2, 0) is 12.8 Å². The van der Waals surface area contributed by atoms with E-state index in [9.17, 15) is 13.2 Å². The Kier molecular flexibility index (Phi) is 3.95. The van der Waals surface area contributed by atoms with E-state index < -0.39 is 11.9 Å². The maximum absolute atomic E-state index is 13.2. The molecule has 1 aliphatic carbocycles. The molecule has 0 bridgehead atoms. The van der Waals surface area contributed by atoms with Crippen LogP contribution in [0, 0.1) is 5.41 Å². The average Bonchev–Trinajstić information content (AvgIpc) is 3.10. The molecule has 4 nitrogen and oxygen atoms in total. The first kappa shape index (κ1) is 17.0. The first-order valence-corrected chi connectivity index (χ1v) is 8.95. The maximum atomic E-state index is 13.2. The molecule has 3 aromatic rings. The fourth-order valence-corrected chi connectivity index (χ4v) is 4.28. The molecule has 26 heavy (non-hydrogen) atoms. The van der Waals surface area contributed by atoms with Crippen molar-refractivity contribution in [2.24, 2.45) is 5.73 Å². The molecule has 0 amide bonds. The van der Waals surface area contributed by atoms with Crippen molar-refractivity contribution in [1.29, 1.82) is 5.41 Å². The van der Waals surface area contributed by atoms with Gasteiger partial charge >= 0.3 is 6.18 Å². The molecule has 0 unspecified atom stereocenters. The zero-order valence-corrected chi connectivity index (χ0v) is 14.5. The Balaban J connectivity index is 2.11. The van der Waals surface area contributed by atoms with Gasteiger partial charge in [-0.05, 0) is 60.5 Å². The molecule has 1 aromatic carbocycles. The average molecular weight is 376 g/mol. The minimum absolute atomic E-state index is 0.180. The van der Waals surface area contributed by atoms with E-state index in [1.54, 1.807) is 12.3 Å². The highest BCUT2D eigenvalue weighted by atomic mass is 32.1. The number of aromatic nitrogens is 2. The van der Waals surface area contributed by atoms with Gasteiger partial charge in [-0.1, -0.05) is 0 Å². The van der Waals surface area contributed by atoms with Crippen LogP contribution >= 0.6 is 11.5 Å². The quantitative estimate of drug-likeness (QED) is 0.642. The van der Waals surface area contributed by atoms with Crippen molar-refractivity contribution in [3.63, 3.8) is 0 Å². The van der Waals surface area contributed by atoms with E-state index in [0.717, 1.165) is 45.9 Å². The van der Waals surface area contributed by atoms with Gasteiger partial charge in [0.05, 0.1) is 15.9 Å². The molecule has 0 saturated carbocycles. The number of fused-ring (bicyclic) bond motifs is 5. The molecule has 2 aromatic heterocycles. The van der Waals surface area contributed by atoms with Crippen molar-refractivity contribution in [3.8, 4) is 0 Å². The van der Waals surface area contributed by atoms with E-state index in [1.807, 2.05) is 6.07 Å². The molecule has 8 heteroatoms. The Hall–Kier alpha value is -2.48. The fraction of sp³-hybridized carbons (Fsp3) is 0.278. The lowest BCUT2D eigenvalue weighted by molar-refractivity contribution is -0.0919. The van der Waals surface area contributed by atoms with Gasteiger partial charge in [0, 0.05) is 28.8 Å². The number of pyridine rings is 1. The van der Waals surface area contributed by atoms with E-state index in [0.29, 0.717) is 18.2 Å². The van der Waals surface area contributed by atoms with Gasteiger partial charge in [0.25, 0.3) is 0 Å². The second kappa shape index (κ2) is 6.05. The summed E-state index contributed by atoms with van der Waals surface area (Å²) in [6, 6.07) is 3.68. The van der Waals surface area contributed by atoms with Crippen molar-refractivity contribution in [2.75, 3.05) is 0 Å². The van der Waals surface area contributed by atoms with Gasteiger partial charge in [-0.3, -0.25) is 0 Å². The van der Waals surface area contributed by atoms with Gasteiger partial charge in [0.1, 0.15) is 5.70 Å². The Morgan fingerprint density at radius 1 is 1.19 bits per heavy atom. The lowest BCUT2D eigenvalue weighted by Gasteiger charge is -2.23. The standard InChI is InChI=1S/C18H15F3N4S/c19-18(20,21)17(23)11(7-22)16-10-4-2-1-3-9(10)15-12-8-24-26-14(12)6-5-13(15)25-16/h5-8,22H,1-4,23H2. The third kappa shape index (κ3) is 2.56. The van der Waals surface area contributed by atoms with Gasteiger partial charge in [-0.25, -0.2) is 4.98 Å². The second-order valence-corrected chi connectivity index (χ2v) is 7.12. The van der Waals surface area contributed by atoms with Gasteiger partial charge in [-0.2, -0.15) is 17.5 Å². The number of rotatable bonds is 2. The summed E-state index contributed by atoms with van der Waals surface area (Å²) in [5, 5.41) is 9.47. The molecule has 0 aliphatic heterocycles. The second-order valence-electron chi connectivity index (χ2n) is 6.29. The van der Waals surface area contributed by atoms with E-state index in [-0.39, 0.29) is 11.3 Å². The number of hydrogen-bond acceptors (Lipinski definition) is 5. The molecule has 4 rings (SSSR count). The van der Waals surface area contributed by atoms with Crippen LogP contribution in [-0.4, -0.2) is 21.7 Å². The molecule has 2 heterocycles. The normalized spacial score (nSPS) is 15.8. The van der Waals surface area contributed by atoms with Crippen molar-refractivity contribution in [3.05, 3.63) is 40.8 Å². The molecule has 0 spiro atoms.